The highest BCUT2D eigenvalue weighted by Crippen LogP contribution is 2.26. The monoisotopic (exact) mass is 259 g/mol. The van der Waals surface area contributed by atoms with Crippen molar-refractivity contribution in [1.29, 1.82) is 0 Å². The summed E-state index contributed by atoms with van der Waals surface area (Å²) in [6, 6.07) is 7.91. The summed E-state index contributed by atoms with van der Waals surface area (Å²) in [5, 5.41) is 11.6. The summed E-state index contributed by atoms with van der Waals surface area (Å²) in [7, 11) is 0. The average molecular weight is 259 g/mol. The lowest BCUT2D eigenvalue weighted by Crippen LogP contribution is -2.12. The van der Waals surface area contributed by atoms with E-state index in [2.05, 4.69) is 15.5 Å². The third kappa shape index (κ3) is 2.61. The smallest absolute Gasteiger partial charge is 0.247 e. The van der Waals surface area contributed by atoms with Crippen LogP contribution in [0.15, 0.2) is 28.7 Å². The van der Waals surface area contributed by atoms with E-state index in [-0.39, 0.29) is 6.04 Å². The molecule has 1 atom stereocenters. The Bertz CT molecular complexity index is 530. The Hall–Kier alpha value is -1.88. The predicted molar refractivity (Wildman–Crippen MR) is 70.9 cm³/mol. The topological polar surface area (TPSA) is 60.2 Å². The Morgan fingerprint density at radius 2 is 2.16 bits per heavy atom. The summed E-state index contributed by atoms with van der Waals surface area (Å²) in [6.07, 6.45) is 2.22. The molecule has 0 amide bonds. The largest absolute Gasteiger partial charge is 0.494 e. The van der Waals surface area contributed by atoms with Gasteiger partial charge in [-0.15, -0.1) is 10.2 Å². The zero-order chi connectivity index (χ0) is 13.1. The Labute approximate surface area is 112 Å². The van der Waals surface area contributed by atoms with Crippen LogP contribution in [0.5, 0.6) is 5.75 Å². The number of aromatic nitrogens is 2. The fourth-order valence-corrected chi connectivity index (χ4v) is 2.25. The van der Waals surface area contributed by atoms with Gasteiger partial charge in [0.1, 0.15) is 5.75 Å². The second-order valence-electron chi connectivity index (χ2n) is 4.55. The van der Waals surface area contributed by atoms with Crippen LogP contribution in [0.2, 0.25) is 0 Å². The fraction of sp³-hybridized carbons (Fsp3) is 0.429. The lowest BCUT2D eigenvalue weighted by atomic mass is 10.2. The van der Waals surface area contributed by atoms with Gasteiger partial charge in [0.15, 0.2) is 0 Å². The van der Waals surface area contributed by atoms with Crippen LogP contribution >= 0.6 is 0 Å². The molecule has 2 heterocycles. The van der Waals surface area contributed by atoms with Crippen molar-refractivity contribution in [2.24, 2.45) is 0 Å². The molecule has 0 saturated carbocycles. The second kappa shape index (κ2) is 5.40. The number of nitrogens with one attached hydrogen (secondary N) is 1. The van der Waals surface area contributed by atoms with Gasteiger partial charge < -0.3 is 14.5 Å². The van der Waals surface area contributed by atoms with Crippen LogP contribution in [0.4, 0.5) is 0 Å². The van der Waals surface area contributed by atoms with E-state index in [4.69, 9.17) is 9.15 Å². The number of ether oxygens (including phenoxy) is 1. The quantitative estimate of drug-likeness (QED) is 0.914. The first-order valence-electron chi connectivity index (χ1n) is 6.67. The normalized spacial score (nSPS) is 18.7. The zero-order valence-electron chi connectivity index (χ0n) is 10.9. The Morgan fingerprint density at radius 1 is 1.32 bits per heavy atom. The standard InChI is InChI=1S/C14H17N3O2/c1-2-18-11-7-5-10(6-8-11)13-16-17-14(19-13)12-4-3-9-15-12/h5-8,12,15H,2-4,9H2,1H3. The molecule has 1 N–H and O–H groups in total. The molecule has 1 unspecified atom stereocenters. The highest BCUT2D eigenvalue weighted by molar-refractivity contribution is 5.54. The Kier molecular flexibility index (Phi) is 3.46. The average Bonchev–Trinajstić information content (AvgIpc) is 3.11. The van der Waals surface area contributed by atoms with Gasteiger partial charge in [0.2, 0.25) is 11.8 Å². The van der Waals surface area contributed by atoms with Gasteiger partial charge in [-0.3, -0.25) is 0 Å². The highest BCUT2D eigenvalue weighted by atomic mass is 16.5. The van der Waals surface area contributed by atoms with Gasteiger partial charge >= 0.3 is 0 Å². The van der Waals surface area contributed by atoms with Crippen molar-refractivity contribution in [3.05, 3.63) is 30.2 Å². The summed E-state index contributed by atoms with van der Waals surface area (Å²) in [5.41, 5.74) is 0.917. The van der Waals surface area contributed by atoms with E-state index in [9.17, 15) is 0 Å². The number of nitrogens with zero attached hydrogens (tertiary/aromatic N) is 2. The maximum Gasteiger partial charge on any atom is 0.247 e. The van der Waals surface area contributed by atoms with Gasteiger partial charge in [0, 0.05) is 5.56 Å². The number of rotatable bonds is 4. The van der Waals surface area contributed by atoms with E-state index in [0.717, 1.165) is 30.7 Å². The first-order chi connectivity index (χ1) is 9.36. The van der Waals surface area contributed by atoms with Gasteiger partial charge in [0.25, 0.3) is 0 Å². The lowest BCUT2D eigenvalue weighted by molar-refractivity contribution is 0.340. The molecule has 2 aromatic rings. The Balaban J connectivity index is 1.77. The van der Waals surface area contributed by atoms with E-state index in [1.165, 1.54) is 0 Å². The molecule has 19 heavy (non-hydrogen) atoms. The van der Waals surface area contributed by atoms with E-state index < -0.39 is 0 Å². The van der Waals surface area contributed by atoms with Crippen LogP contribution in [0.1, 0.15) is 31.7 Å². The van der Waals surface area contributed by atoms with Crippen molar-refractivity contribution in [3.8, 4) is 17.2 Å². The van der Waals surface area contributed by atoms with Gasteiger partial charge in [-0.25, -0.2) is 0 Å². The van der Waals surface area contributed by atoms with E-state index >= 15 is 0 Å². The molecular weight excluding hydrogens is 242 g/mol. The van der Waals surface area contributed by atoms with Crippen molar-refractivity contribution in [2.75, 3.05) is 13.2 Å². The third-order valence-corrected chi connectivity index (χ3v) is 3.21. The third-order valence-electron chi connectivity index (χ3n) is 3.21. The molecule has 0 aliphatic carbocycles. The number of benzene rings is 1. The predicted octanol–water partition coefficient (Wildman–Crippen LogP) is 2.56. The first-order valence-corrected chi connectivity index (χ1v) is 6.67. The van der Waals surface area contributed by atoms with Gasteiger partial charge in [0.05, 0.1) is 12.6 Å². The molecule has 3 rings (SSSR count). The highest BCUT2D eigenvalue weighted by Gasteiger charge is 2.22. The van der Waals surface area contributed by atoms with Crippen LogP contribution in [0, 0.1) is 0 Å². The fourth-order valence-electron chi connectivity index (χ4n) is 2.25. The van der Waals surface area contributed by atoms with Crippen LogP contribution < -0.4 is 10.1 Å². The molecule has 1 aliphatic heterocycles. The lowest BCUT2D eigenvalue weighted by Gasteiger charge is -2.03. The molecule has 1 fully saturated rings. The maximum absolute atomic E-state index is 5.73. The minimum atomic E-state index is 0.212. The summed E-state index contributed by atoms with van der Waals surface area (Å²) in [6.45, 7) is 3.65. The van der Waals surface area contributed by atoms with Crippen molar-refractivity contribution < 1.29 is 9.15 Å². The number of hydrogen-bond donors (Lipinski definition) is 1. The molecule has 0 spiro atoms. The van der Waals surface area contributed by atoms with Gasteiger partial charge in [-0.1, -0.05) is 0 Å². The molecule has 100 valence electrons. The van der Waals surface area contributed by atoms with Crippen molar-refractivity contribution >= 4 is 0 Å². The molecule has 1 saturated heterocycles. The molecule has 5 nitrogen and oxygen atoms in total. The van der Waals surface area contributed by atoms with Crippen molar-refractivity contribution in [2.45, 2.75) is 25.8 Å². The SMILES string of the molecule is CCOc1ccc(-c2nnc(C3CCCN3)o2)cc1. The molecule has 1 aliphatic rings. The molecule has 0 radical (unpaired) electrons. The van der Waals surface area contributed by atoms with Crippen molar-refractivity contribution in [1.82, 2.24) is 15.5 Å². The van der Waals surface area contributed by atoms with Gasteiger partial charge in [-0.05, 0) is 50.6 Å². The molecule has 1 aromatic heterocycles. The molecule has 0 bridgehead atoms. The maximum atomic E-state index is 5.73. The number of hydrogen-bond acceptors (Lipinski definition) is 5. The summed E-state index contributed by atoms with van der Waals surface area (Å²) >= 11 is 0. The van der Waals surface area contributed by atoms with Crippen LogP contribution in [0.3, 0.4) is 0 Å². The van der Waals surface area contributed by atoms with Gasteiger partial charge in [-0.2, -0.15) is 0 Å². The molecular formula is C14H17N3O2. The van der Waals surface area contributed by atoms with Crippen LogP contribution in [0.25, 0.3) is 11.5 Å². The first kappa shape index (κ1) is 12.2. The summed E-state index contributed by atoms with van der Waals surface area (Å²) in [4.78, 5) is 0. The molecule has 5 heteroatoms. The van der Waals surface area contributed by atoms with Crippen LogP contribution in [-0.2, 0) is 0 Å². The summed E-state index contributed by atoms with van der Waals surface area (Å²) < 4.78 is 11.1. The summed E-state index contributed by atoms with van der Waals surface area (Å²) in [5.74, 6) is 2.09. The van der Waals surface area contributed by atoms with E-state index in [0.29, 0.717) is 18.4 Å². The minimum Gasteiger partial charge on any atom is -0.494 e. The van der Waals surface area contributed by atoms with E-state index in [1.54, 1.807) is 0 Å². The molecule has 1 aromatic carbocycles. The minimum absolute atomic E-state index is 0.212. The Morgan fingerprint density at radius 3 is 2.84 bits per heavy atom. The zero-order valence-corrected chi connectivity index (χ0v) is 10.9. The van der Waals surface area contributed by atoms with Crippen LogP contribution in [-0.4, -0.2) is 23.3 Å². The van der Waals surface area contributed by atoms with E-state index in [1.807, 2.05) is 31.2 Å². The second-order valence-corrected chi connectivity index (χ2v) is 4.55. The van der Waals surface area contributed by atoms with Crippen molar-refractivity contribution in [3.63, 3.8) is 0 Å².